The van der Waals surface area contributed by atoms with Gasteiger partial charge in [0.15, 0.2) is 0 Å². The normalized spacial score (nSPS) is 18.6. The lowest BCUT2D eigenvalue weighted by Crippen LogP contribution is -2.48. The van der Waals surface area contributed by atoms with E-state index in [4.69, 9.17) is 11.6 Å². The van der Waals surface area contributed by atoms with Gasteiger partial charge in [-0.25, -0.2) is 0 Å². The van der Waals surface area contributed by atoms with E-state index in [0.29, 0.717) is 10.9 Å². The van der Waals surface area contributed by atoms with E-state index >= 15 is 0 Å². The highest BCUT2D eigenvalue weighted by atomic mass is 35.5. The molecule has 1 aliphatic heterocycles. The highest BCUT2D eigenvalue weighted by Crippen LogP contribution is 2.29. The third-order valence-corrected chi connectivity index (χ3v) is 4.86. The van der Waals surface area contributed by atoms with Gasteiger partial charge >= 0.3 is 0 Å². The molecular formula is C17H24ClNO2. The van der Waals surface area contributed by atoms with Crippen LogP contribution >= 0.6 is 11.6 Å². The fourth-order valence-electron chi connectivity index (χ4n) is 2.97. The molecule has 1 fully saturated rings. The highest BCUT2D eigenvalue weighted by Gasteiger charge is 2.35. The van der Waals surface area contributed by atoms with Gasteiger partial charge in [0.1, 0.15) is 0 Å². The summed E-state index contributed by atoms with van der Waals surface area (Å²) in [6, 6.07) is 7.49. The molecule has 1 atom stereocenters. The van der Waals surface area contributed by atoms with E-state index in [9.17, 15) is 9.90 Å². The zero-order valence-electron chi connectivity index (χ0n) is 13.0. The maximum Gasteiger partial charge on any atom is 0.232 e. The summed E-state index contributed by atoms with van der Waals surface area (Å²) in [5, 5.41) is 10.3. The van der Waals surface area contributed by atoms with E-state index in [-0.39, 0.29) is 12.0 Å². The molecule has 0 aliphatic carbocycles. The number of hydrogen-bond acceptors (Lipinski definition) is 2. The smallest absolute Gasteiger partial charge is 0.232 e. The number of amides is 1. The van der Waals surface area contributed by atoms with Crippen LogP contribution in [0.3, 0.4) is 0 Å². The van der Waals surface area contributed by atoms with Crippen LogP contribution in [0.25, 0.3) is 0 Å². The molecule has 2 rings (SSSR count). The molecule has 1 unspecified atom stereocenters. The van der Waals surface area contributed by atoms with Crippen LogP contribution in [0.1, 0.15) is 39.2 Å². The molecule has 0 radical (unpaired) electrons. The van der Waals surface area contributed by atoms with Crippen molar-refractivity contribution in [1.82, 2.24) is 4.90 Å². The van der Waals surface area contributed by atoms with Gasteiger partial charge in [-0.3, -0.25) is 4.79 Å². The summed E-state index contributed by atoms with van der Waals surface area (Å²) >= 11 is 5.92. The highest BCUT2D eigenvalue weighted by molar-refractivity contribution is 6.30. The van der Waals surface area contributed by atoms with Crippen LogP contribution in [0, 0.1) is 5.92 Å². The standard InChI is InChI=1S/C17H24ClNO2/c1-12(20)13-8-10-19(11-9-13)16(21)17(2,3)14-4-6-15(18)7-5-14/h4-7,12-13,20H,8-11H2,1-3H3. The van der Waals surface area contributed by atoms with Gasteiger partial charge in [0.2, 0.25) is 5.91 Å². The van der Waals surface area contributed by atoms with Crippen molar-refractivity contribution in [3.05, 3.63) is 34.9 Å². The van der Waals surface area contributed by atoms with Crippen LogP contribution in [0.4, 0.5) is 0 Å². The van der Waals surface area contributed by atoms with Crippen molar-refractivity contribution in [3.8, 4) is 0 Å². The third kappa shape index (κ3) is 3.58. The fraction of sp³-hybridized carbons (Fsp3) is 0.588. The Balaban J connectivity index is 2.07. The zero-order chi connectivity index (χ0) is 15.6. The zero-order valence-corrected chi connectivity index (χ0v) is 13.7. The molecule has 1 aromatic carbocycles. The van der Waals surface area contributed by atoms with E-state index in [1.165, 1.54) is 0 Å². The predicted octanol–water partition coefficient (Wildman–Crippen LogP) is 3.24. The number of aliphatic hydroxyl groups excluding tert-OH is 1. The van der Waals surface area contributed by atoms with E-state index in [1.54, 1.807) is 0 Å². The van der Waals surface area contributed by atoms with E-state index < -0.39 is 5.41 Å². The van der Waals surface area contributed by atoms with Gasteiger partial charge in [0, 0.05) is 18.1 Å². The number of aliphatic hydroxyl groups is 1. The number of hydrogen-bond donors (Lipinski definition) is 1. The average Bonchev–Trinajstić information content (AvgIpc) is 2.47. The Kier molecular flexibility index (Phi) is 4.95. The number of nitrogens with zero attached hydrogens (tertiary/aromatic N) is 1. The molecule has 1 aromatic rings. The summed E-state index contributed by atoms with van der Waals surface area (Å²) < 4.78 is 0. The van der Waals surface area contributed by atoms with Crippen LogP contribution in [-0.4, -0.2) is 35.1 Å². The second kappa shape index (κ2) is 6.37. The lowest BCUT2D eigenvalue weighted by atomic mass is 9.82. The van der Waals surface area contributed by atoms with Crippen molar-refractivity contribution in [3.63, 3.8) is 0 Å². The van der Waals surface area contributed by atoms with E-state index in [2.05, 4.69) is 0 Å². The summed E-state index contributed by atoms with van der Waals surface area (Å²) in [4.78, 5) is 14.7. The lowest BCUT2D eigenvalue weighted by molar-refractivity contribution is -0.138. The second-order valence-electron chi connectivity index (χ2n) is 6.50. The Morgan fingerprint density at radius 1 is 1.29 bits per heavy atom. The Morgan fingerprint density at radius 3 is 2.29 bits per heavy atom. The molecule has 1 saturated heterocycles. The summed E-state index contributed by atoms with van der Waals surface area (Å²) in [6.07, 6.45) is 1.46. The summed E-state index contributed by atoms with van der Waals surface area (Å²) in [5.41, 5.74) is 0.428. The van der Waals surface area contributed by atoms with Gasteiger partial charge in [-0.15, -0.1) is 0 Å². The minimum absolute atomic E-state index is 0.147. The molecule has 3 nitrogen and oxygen atoms in total. The number of piperidine rings is 1. The molecule has 21 heavy (non-hydrogen) atoms. The van der Waals surface area contributed by atoms with Crippen LogP contribution in [-0.2, 0) is 10.2 Å². The third-order valence-electron chi connectivity index (χ3n) is 4.61. The Labute approximate surface area is 131 Å². The van der Waals surface area contributed by atoms with Crippen LogP contribution < -0.4 is 0 Å². The van der Waals surface area contributed by atoms with Crippen molar-refractivity contribution in [2.45, 2.75) is 45.1 Å². The molecule has 0 bridgehead atoms. The van der Waals surface area contributed by atoms with Crippen molar-refractivity contribution in [2.24, 2.45) is 5.92 Å². The maximum atomic E-state index is 12.8. The van der Waals surface area contributed by atoms with Crippen molar-refractivity contribution in [1.29, 1.82) is 0 Å². The van der Waals surface area contributed by atoms with Gasteiger partial charge in [0.25, 0.3) is 0 Å². The van der Waals surface area contributed by atoms with Gasteiger partial charge in [-0.2, -0.15) is 0 Å². The number of likely N-dealkylation sites (tertiary alicyclic amines) is 1. The minimum Gasteiger partial charge on any atom is -0.393 e. The average molecular weight is 310 g/mol. The van der Waals surface area contributed by atoms with Crippen LogP contribution in [0.15, 0.2) is 24.3 Å². The molecule has 0 aromatic heterocycles. The summed E-state index contributed by atoms with van der Waals surface area (Å²) in [7, 11) is 0. The molecule has 1 heterocycles. The van der Waals surface area contributed by atoms with Crippen LogP contribution in [0.5, 0.6) is 0 Å². The first-order valence-electron chi connectivity index (χ1n) is 7.56. The minimum atomic E-state index is -0.553. The van der Waals surface area contributed by atoms with Crippen molar-refractivity contribution < 1.29 is 9.90 Å². The van der Waals surface area contributed by atoms with Crippen LogP contribution in [0.2, 0.25) is 5.02 Å². The lowest BCUT2D eigenvalue weighted by Gasteiger charge is -2.38. The number of rotatable bonds is 3. The molecular weight excluding hydrogens is 286 g/mol. The molecule has 1 aliphatic rings. The monoisotopic (exact) mass is 309 g/mol. The Hall–Kier alpha value is -1.06. The molecule has 4 heteroatoms. The predicted molar refractivity (Wildman–Crippen MR) is 85.5 cm³/mol. The molecule has 1 N–H and O–H groups in total. The maximum absolute atomic E-state index is 12.8. The quantitative estimate of drug-likeness (QED) is 0.931. The van der Waals surface area contributed by atoms with E-state index in [0.717, 1.165) is 31.5 Å². The Morgan fingerprint density at radius 2 is 1.81 bits per heavy atom. The number of carbonyl (C=O) groups is 1. The van der Waals surface area contributed by atoms with Gasteiger partial charge in [-0.1, -0.05) is 23.7 Å². The fourth-order valence-corrected chi connectivity index (χ4v) is 3.10. The topological polar surface area (TPSA) is 40.5 Å². The first-order valence-corrected chi connectivity index (χ1v) is 7.93. The summed E-state index contributed by atoms with van der Waals surface area (Å²) in [5.74, 6) is 0.460. The SMILES string of the molecule is CC(O)C1CCN(C(=O)C(C)(C)c2ccc(Cl)cc2)CC1. The number of benzene rings is 1. The second-order valence-corrected chi connectivity index (χ2v) is 6.94. The first kappa shape index (κ1) is 16.3. The Bertz CT molecular complexity index is 488. The molecule has 1 amide bonds. The molecule has 116 valence electrons. The molecule has 0 saturated carbocycles. The van der Waals surface area contributed by atoms with Gasteiger partial charge in [-0.05, 0) is 57.2 Å². The number of carbonyl (C=O) groups excluding carboxylic acids is 1. The van der Waals surface area contributed by atoms with Gasteiger partial charge < -0.3 is 10.0 Å². The van der Waals surface area contributed by atoms with E-state index in [1.807, 2.05) is 49.9 Å². The summed E-state index contributed by atoms with van der Waals surface area (Å²) in [6.45, 7) is 7.20. The number of halogens is 1. The van der Waals surface area contributed by atoms with Crippen molar-refractivity contribution in [2.75, 3.05) is 13.1 Å². The largest absolute Gasteiger partial charge is 0.393 e. The first-order chi connectivity index (χ1) is 9.82. The molecule has 0 spiro atoms. The van der Waals surface area contributed by atoms with Gasteiger partial charge in [0.05, 0.1) is 11.5 Å². The van der Waals surface area contributed by atoms with Crippen molar-refractivity contribution >= 4 is 17.5 Å².